The Bertz CT molecular complexity index is 363. The number of para-hydroxylation sites is 1. The van der Waals surface area contributed by atoms with Crippen LogP contribution in [0, 0.1) is 0 Å². The molecule has 18 heavy (non-hydrogen) atoms. The van der Waals surface area contributed by atoms with Crippen LogP contribution in [-0.4, -0.2) is 30.0 Å². The molecule has 1 unspecified atom stereocenters. The molecule has 1 fully saturated rings. The Hall–Kier alpha value is -1.16. The van der Waals surface area contributed by atoms with Crippen molar-refractivity contribution in [3.8, 4) is 0 Å². The number of amides is 1. The zero-order valence-electron chi connectivity index (χ0n) is 10.5. The number of hydrogen-bond donors (Lipinski definition) is 2. The average Bonchev–Trinajstić information content (AvgIpc) is 2.45. The topological polar surface area (TPSA) is 41.1 Å². The normalized spacial score (nSPS) is 19.2. The van der Waals surface area contributed by atoms with E-state index >= 15 is 0 Å². The van der Waals surface area contributed by atoms with Gasteiger partial charge in [0.25, 0.3) is 0 Å². The van der Waals surface area contributed by atoms with Crippen LogP contribution >= 0.6 is 11.8 Å². The fourth-order valence-electron chi connectivity index (χ4n) is 2.00. The molecule has 3 nitrogen and oxygen atoms in total. The van der Waals surface area contributed by atoms with Crippen LogP contribution in [0.25, 0.3) is 0 Å². The quantitative estimate of drug-likeness (QED) is 0.858. The van der Waals surface area contributed by atoms with Crippen molar-refractivity contribution in [2.75, 3.05) is 24.2 Å². The third kappa shape index (κ3) is 4.61. The van der Waals surface area contributed by atoms with Crippen molar-refractivity contribution in [2.24, 2.45) is 0 Å². The molecule has 0 aromatic heterocycles. The van der Waals surface area contributed by atoms with Crippen molar-refractivity contribution in [3.63, 3.8) is 0 Å². The van der Waals surface area contributed by atoms with Gasteiger partial charge >= 0.3 is 0 Å². The Morgan fingerprint density at radius 2 is 2.11 bits per heavy atom. The van der Waals surface area contributed by atoms with Gasteiger partial charge in [0.1, 0.15) is 0 Å². The van der Waals surface area contributed by atoms with Crippen LogP contribution in [0.4, 0.5) is 5.69 Å². The molecule has 1 heterocycles. The second-order valence-electron chi connectivity index (χ2n) is 4.51. The molecule has 1 aliphatic rings. The fourth-order valence-corrected chi connectivity index (χ4v) is 3.24. The monoisotopic (exact) mass is 264 g/mol. The van der Waals surface area contributed by atoms with Crippen LogP contribution in [0.15, 0.2) is 30.3 Å². The number of anilines is 1. The lowest BCUT2D eigenvalue weighted by molar-refractivity contribution is -0.119. The third-order valence-corrected chi connectivity index (χ3v) is 4.43. The molecule has 1 aliphatic heterocycles. The molecule has 0 saturated carbocycles. The molecule has 2 N–H and O–H groups in total. The summed E-state index contributed by atoms with van der Waals surface area (Å²) < 4.78 is 0. The van der Waals surface area contributed by atoms with Crippen LogP contribution in [-0.2, 0) is 4.79 Å². The molecule has 1 aromatic carbocycles. The summed E-state index contributed by atoms with van der Waals surface area (Å²) in [4.78, 5) is 11.7. The lowest BCUT2D eigenvalue weighted by Gasteiger charge is -2.21. The number of hydrogen-bond acceptors (Lipinski definition) is 3. The van der Waals surface area contributed by atoms with E-state index < -0.39 is 0 Å². The summed E-state index contributed by atoms with van der Waals surface area (Å²) in [6.45, 7) is 1.15. The number of benzene rings is 1. The number of nitrogens with one attached hydrogen (secondary N) is 2. The predicted molar refractivity (Wildman–Crippen MR) is 78.0 cm³/mol. The molecular formula is C14H20N2OS. The highest BCUT2D eigenvalue weighted by molar-refractivity contribution is 7.99. The Morgan fingerprint density at radius 1 is 1.28 bits per heavy atom. The minimum atomic E-state index is 0.0741. The molecule has 0 spiro atoms. The van der Waals surface area contributed by atoms with E-state index in [1.165, 1.54) is 25.0 Å². The van der Waals surface area contributed by atoms with E-state index in [2.05, 4.69) is 10.6 Å². The van der Waals surface area contributed by atoms with Crippen molar-refractivity contribution in [1.29, 1.82) is 0 Å². The van der Waals surface area contributed by atoms with Gasteiger partial charge in [0.05, 0.1) is 6.54 Å². The minimum Gasteiger partial charge on any atom is -0.376 e. The molecule has 4 heteroatoms. The maximum absolute atomic E-state index is 11.7. The van der Waals surface area contributed by atoms with Crippen molar-refractivity contribution >= 4 is 23.4 Å². The first-order valence-electron chi connectivity index (χ1n) is 6.52. The summed E-state index contributed by atoms with van der Waals surface area (Å²) in [6, 6.07) is 9.80. The van der Waals surface area contributed by atoms with Crippen molar-refractivity contribution in [2.45, 2.75) is 24.5 Å². The van der Waals surface area contributed by atoms with Crippen molar-refractivity contribution < 1.29 is 4.79 Å². The molecular weight excluding hydrogens is 244 g/mol. The highest BCUT2D eigenvalue weighted by Crippen LogP contribution is 2.24. The van der Waals surface area contributed by atoms with E-state index in [-0.39, 0.29) is 5.91 Å². The molecule has 0 aliphatic carbocycles. The van der Waals surface area contributed by atoms with Gasteiger partial charge in [0, 0.05) is 17.5 Å². The van der Waals surface area contributed by atoms with Crippen LogP contribution in [0.5, 0.6) is 0 Å². The molecule has 98 valence electrons. The summed E-state index contributed by atoms with van der Waals surface area (Å²) in [5.74, 6) is 1.31. The Labute approximate surface area is 113 Å². The van der Waals surface area contributed by atoms with E-state index in [0.29, 0.717) is 11.8 Å². The maximum Gasteiger partial charge on any atom is 0.239 e. The molecule has 1 atom stereocenters. The summed E-state index contributed by atoms with van der Waals surface area (Å²) >= 11 is 1.98. The van der Waals surface area contributed by atoms with Crippen molar-refractivity contribution in [1.82, 2.24) is 5.32 Å². The zero-order valence-corrected chi connectivity index (χ0v) is 11.3. The average molecular weight is 264 g/mol. The van der Waals surface area contributed by atoms with Gasteiger partial charge in [-0.05, 0) is 30.7 Å². The largest absolute Gasteiger partial charge is 0.376 e. The van der Waals surface area contributed by atoms with Gasteiger partial charge in [0.2, 0.25) is 5.91 Å². The van der Waals surface area contributed by atoms with E-state index in [9.17, 15) is 4.79 Å². The Morgan fingerprint density at radius 3 is 2.83 bits per heavy atom. The standard InChI is InChI=1S/C14H20N2OS/c17-14(11-15-12-6-2-1-3-7-12)16-10-13-8-4-5-9-18-13/h1-3,6-7,13,15H,4-5,8-11H2,(H,16,17). The maximum atomic E-state index is 11.7. The van der Waals surface area contributed by atoms with E-state index in [4.69, 9.17) is 0 Å². The van der Waals surface area contributed by atoms with Gasteiger partial charge in [-0.1, -0.05) is 24.6 Å². The van der Waals surface area contributed by atoms with Crippen molar-refractivity contribution in [3.05, 3.63) is 30.3 Å². The number of rotatable bonds is 5. The van der Waals surface area contributed by atoms with Gasteiger partial charge in [-0.3, -0.25) is 4.79 Å². The summed E-state index contributed by atoms with van der Waals surface area (Å²) in [6.07, 6.45) is 3.86. The fraction of sp³-hybridized carbons (Fsp3) is 0.500. The van der Waals surface area contributed by atoms with Gasteiger partial charge < -0.3 is 10.6 Å². The van der Waals surface area contributed by atoms with Gasteiger partial charge in [0.15, 0.2) is 0 Å². The summed E-state index contributed by atoms with van der Waals surface area (Å²) in [7, 11) is 0. The SMILES string of the molecule is O=C(CNc1ccccc1)NCC1CCCCS1. The summed E-state index contributed by atoms with van der Waals surface area (Å²) in [5, 5.41) is 6.72. The lowest BCUT2D eigenvalue weighted by atomic mass is 10.2. The molecule has 0 bridgehead atoms. The smallest absolute Gasteiger partial charge is 0.239 e. The van der Waals surface area contributed by atoms with Gasteiger partial charge in [-0.15, -0.1) is 0 Å². The van der Waals surface area contributed by atoms with Crippen LogP contribution < -0.4 is 10.6 Å². The van der Waals surface area contributed by atoms with E-state index in [0.717, 1.165) is 12.2 Å². The van der Waals surface area contributed by atoms with Gasteiger partial charge in [-0.2, -0.15) is 11.8 Å². The second kappa shape index (κ2) is 7.31. The Balaban J connectivity index is 1.63. The van der Waals surface area contributed by atoms with Gasteiger partial charge in [-0.25, -0.2) is 0 Å². The molecule has 0 radical (unpaired) electrons. The number of carbonyl (C=O) groups is 1. The molecule has 1 amide bonds. The molecule has 1 aromatic rings. The highest BCUT2D eigenvalue weighted by atomic mass is 32.2. The summed E-state index contributed by atoms with van der Waals surface area (Å²) in [5.41, 5.74) is 0.986. The number of thioether (sulfide) groups is 1. The van der Waals surface area contributed by atoms with E-state index in [1.54, 1.807) is 0 Å². The van der Waals surface area contributed by atoms with Crippen LogP contribution in [0.2, 0.25) is 0 Å². The minimum absolute atomic E-state index is 0.0741. The molecule has 1 saturated heterocycles. The predicted octanol–water partition coefficient (Wildman–Crippen LogP) is 2.50. The molecule has 2 rings (SSSR count). The van der Waals surface area contributed by atoms with Crippen LogP contribution in [0.3, 0.4) is 0 Å². The first-order chi connectivity index (χ1) is 8.84. The first-order valence-corrected chi connectivity index (χ1v) is 7.57. The third-order valence-electron chi connectivity index (χ3n) is 3.03. The second-order valence-corrected chi connectivity index (χ2v) is 5.92. The number of carbonyl (C=O) groups excluding carboxylic acids is 1. The highest BCUT2D eigenvalue weighted by Gasteiger charge is 2.14. The van der Waals surface area contributed by atoms with E-state index in [1.807, 2.05) is 42.1 Å². The first kappa shape index (κ1) is 13.3. The Kier molecular flexibility index (Phi) is 5.39. The lowest BCUT2D eigenvalue weighted by Crippen LogP contribution is -2.35. The van der Waals surface area contributed by atoms with Crippen LogP contribution in [0.1, 0.15) is 19.3 Å². The zero-order chi connectivity index (χ0) is 12.6.